The summed E-state index contributed by atoms with van der Waals surface area (Å²) in [6.45, 7) is 6.84. The van der Waals surface area contributed by atoms with Crippen molar-refractivity contribution in [1.82, 2.24) is 0 Å². The summed E-state index contributed by atoms with van der Waals surface area (Å²) in [6, 6.07) is 7.72. The Morgan fingerprint density at radius 1 is 1.05 bits per heavy atom. The first-order valence-corrected chi connectivity index (χ1v) is 6.97. The van der Waals surface area contributed by atoms with E-state index >= 15 is 0 Å². The Labute approximate surface area is 121 Å². The molecule has 112 valence electrons. The highest BCUT2D eigenvalue weighted by atomic mass is 16.3. The van der Waals surface area contributed by atoms with Gasteiger partial charge in [0.1, 0.15) is 5.78 Å². The van der Waals surface area contributed by atoms with Crippen molar-refractivity contribution in [2.45, 2.75) is 27.2 Å². The number of hydrogen-bond donors (Lipinski definition) is 2. The van der Waals surface area contributed by atoms with E-state index in [9.17, 15) is 4.79 Å². The Kier molecular flexibility index (Phi) is 6.17. The van der Waals surface area contributed by atoms with Crippen LogP contribution in [-0.4, -0.2) is 42.3 Å². The van der Waals surface area contributed by atoms with E-state index in [1.54, 1.807) is 0 Å². The van der Waals surface area contributed by atoms with E-state index in [0.29, 0.717) is 19.5 Å². The van der Waals surface area contributed by atoms with Gasteiger partial charge in [0, 0.05) is 30.6 Å². The quantitative estimate of drug-likeness (QED) is 0.796. The molecule has 0 amide bonds. The Morgan fingerprint density at radius 3 is 1.95 bits per heavy atom. The lowest BCUT2D eigenvalue weighted by Crippen LogP contribution is -2.29. The molecular weight excluding hydrogens is 254 g/mol. The molecular formula is C16H25NO3. The zero-order valence-corrected chi connectivity index (χ0v) is 12.6. The molecule has 0 heterocycles. The second-order valence-corrected chi connectivity index (χ2v) is 5.95. The number of aliphatic hydroxyl groups excluding tert-OH is 2. The Morgan fingerprint density at radius 2 is 1.55 bits per heavy atom. The van der Waals surface area contributed by atoms with Crippen molar-refractivity contribution in [1.29, 1.82) is 0 Å². The molecule has 0 unspecified atom stereocenters. The van der Waals surface area contributed by atoms with E-state index < -0.39 is 0 Å². The summed E-state index contributed by atoms with van der Waals surface area (Å²) >= 11 is 0. The summed E-state index contributed by atoms with van der Waals surface area (Å²) in [6.07, 6.45) is 0.434. The van der Waals surface area contributed by atoms with E-state index in [4.69, 9.17) is 10.2 Å². The van der Waals surface area contributed by atoms with Crippen molar-refractivity contribution in [3.05, 3.63) is 29.8 Å². The number of anilines is 1. The molecule has 0 aliphatic heterocycles. The molecule has 0 spiro atoms. The van der Waals surface area contributed by atoms with Crippen LogP contribution in [0.4, 0.5) is 5.69 Å². The predicted molar refractivity (Wildman–Crippen MR) is 81.0 cm³/mol. The third-order valence-corrected chi connectivity index (χ3v) is 3.24. The topological polar surface area (TPSA) is 60.8 Å². The van der Waals surface area contributed by atoms with Crippen molar-refractivity contribution >= 4 is 11.5 Å². The third-order valence-electron chi connectivity index (χ3n) is 3.24. The van der Waals surface area contributed by atoms with E-state index in [0.717, 1.165) is 11.3 Å². The number of carbonyl (C=O) groups excluding carboxylic acids is 1. The minimum atomic E-state index is -0.321. The number of benzene rings is 1. The average Bonchev–Trinajstić information content (AvgIpc) is 2.38. The lowest BCUT2D eigenvalue weighted by molar-refractivity contribution is -0.125. The molecule has 0 bridgehead atoms. The molecule has 20 heavy (non-hydrogen) atoms. The lowest BCUT2D eigenvalue weighted by atomic mass is 9.87. The van der Waals surface area contributed by atoms with Crippen LogP contribution in [0.25, 0.3) is 0 Å². The average molecular weight is 279 g/mol. The van der Waals surface area contributed by atoms with Crippen LogP contribution in [0.5, 0.6) is 0 Å². The van der Waals surface area contributed by atoms with Gasteiger partial charge in [-0.2, -0.15) is 0 Å². The molecule has 2 N–H and O–H groups in total. The van der Waals surface area contributed by atoms with Crippen LogP contribution in [-0.2, 0) is 11.2 Å². The van der Waals surface area contributed by atoms with Crippen LogP contribution in [0.2, 0.25) is 0 Å². The normalized spacial score (nSPS) is 11.4. The van der Waals surface area contributed by atoms with Gasteiger partial charge in [-0.05, 0) is 17.7 Å². The molecule has 0 radical (unpaired) electrons. The Bertz CT molecular complexity index is 414. The van der Waals surface area contributed by atoms with Gasteiger partial charge in [0.15, 0.2) is 0 Å². The van der Waals surface area contributed by atoms with Crippen LogP contribution in [0.3, 0.4) is 0 Å². The molecule has 1 aromatic carbocycles. The first kappa shape index (κ1) is 16.7. The number of rotatable bonds is 7. The Hall–Kier alpha value is -1.39. The van der Waals surface area contributed by atoms with Crippen molar-refractivity contribution in [3.63, 3.8) is 0 Å². The lowest BCUT2D eigenvalue weighted by Gasteiger charge is -2.23. The van der Waals surface area contributed by atoms with E-state index in [2.05, 4.69) is 0 Å². The molecule has 0 saturated heterocycles. The summed E-state index contributed by atoms with van der Waals surface area (Å²) in [7, 11) is 0. The smallest absolute Gasteiger partial charge is 0.142 e. The van der Waals surface area contributed by atoms with Gasteiger partial charge in [0.05, 0.1) is 13.2 Å². The summed E-state index contributed by atoms with van der Waals surface area (Å²) in [5, 5.41) is 18.0. The summed E-state index contributed by atoms with van der Waals surface area (Å²) in [5.74, 6) is 0.216. The van der Waals surface area contributed by atoms with Gasteiger partial charge >= 0.3 is 0 Å². The van der Waals surface area contributed by atoms with Crippen LogP contribution < -0.4 is 4.90 Å². The standard InChI is InChI=1S/C16H25NO3/c1-16(2,3)15(20)12-13-4-6-14(7-5-13)17(8-10-18)9-11-19/h4-7,18-19H,8-12H2,1-3H3. The zero-order valence-electron chi connectivity index (χ0n) is 12.6. The maximum atomic E-state index is 12.0. The highest BCUT2D eigenvalue weighted by Gasteiger charge is 2.21. The predicted octanol–water partition coefficient (Wildman–Crippen LogP) is 1.64. The molecule has 4 heteroatoms. The number of carbonyl (C=O) groups is 1. The number of nitrogens with zero attached hydrogens (tertiary/aromatic N) is 1. The molecule has 4 nitrogen and oxygen atoms in total. The third kappa shape index (κ3) is 4.94. The molecule has 0 aliphatic carbocycles. The minimum Gasteiger partial charge on any atom is -0.395 e. The fourth-order valence-corrected chi connectivity index (χ4v) is 1.89. The fourth-order valence-electron chi connectivity index (χ4n) is 1.89. The molecule has 0 aliphatic rings. The number of aliphatic hydroxyl groups is 2. The molecule has 1 aromatic rings. The second-order valence-electron chi connectivity index (χ2n) is 5.95. The highest BCUT2D eigenvalue weighted by Crippen LogP contribution is 2.20. The number of Topliss-reactive ketones (excluding diaryl/α,β-unsaturated/α-hetero) is 1. The van der Waals surface area contributed by atoms with Gasteiger partial charge in [-0.3, -0.25) is 4.79 Å². The number of ketones is 1. The highest BCUT2D eigenvalue weighted by molar-refractivity contribution is 5.85. The SMILES string of the molecule is CC(C)(C)C(=O)Cc1ccc(N(CCO)CCO)cc1. The zero-order chi connectivity index (χ0) is 15.2. The second kappa shape index (κ2) is 7.41. The van der Waals surface area contributed by atoms with Gasteiger partial charge in [0.25, 0.3) is 0 Å². The summed E-state index contributed by atoms with van der Waals surface area (Å²) < 4.78 is 0. The first-order valence-electron chi connectivity index (χ1n) is 6.97. The molecule has 1 rings (SSSR count). The molecule has 0 aromatic heterocycles. The van der Waals surface area contributed by atoms with E-state index in [1.807, 2.05) is 49.9 Å². The summed E-state index contributed by atoms with van der Waals surface area (Å²) in [5.41, 5.74) is 1.61. The summed E-state index contributed by atoms with van der Waals surface area (Å²) in [4.78, 5) is 13.9. The van der Waals surface area contributed by atoms with Gasteiger partial charge in [0.2, 0.25) is 0 Å². The van der Waals surface area contributed by atoms with Gasteiger partial charge < -0.3 is 15.1 Å². The molecule has 0 atom stereocenters. The largest absolute Gasteiger partial charge is 0.395 e. The van der Waals surface area contributed by atoms with Crippen molar-refractivity contribution < 1.29 is 15.0 Å². The van der Waals surface area contributed by atoms with Crippen LogP contribution in [0, 0.1) is 5.41 Å². The maximum Gasteiger partial charge on any atom is 0.142 e. The number of hydrogen-bond acceptors (Lipinski definition) is 4. The molecule has 0 saturated carbocycles. The molecule has 0 fully saturated rings. The Balaban J connectivity index is 2.75. The van der Waals surface area contributed by atoms with Crippen molar-refractivity contribution in [2.75, 3.05) is 31.2 Å². The van der Waals surface area contributed by atoms with Crippen LogP contribution in [0.1, 0.15) is 26.3 Å². The first-order chi connectivity index (χ1) is 9.38. The van der Waals surface area contributed by atoms with Gasteiger partial charge in [-0.25, -0.2) is 0 Å². The van der Waals surface area contributed by atoms with Crippen LogP contribution >= 0.6 is 0 Å². The fraction of sp³-hybridized carbons (Fsp3) is 0.562. The van der Waals surface area contributed by atoms with Gasteiger partial charge in [-0.1, -0.05) is 32.9 Å². The minimum absolute atomic E-state index is 0.0459. The van der Waals surface area contributed by atoms with Crippen molar-refractivity contribution in [3.8, 4) is 0 Å². The van der Waals surface area contributed by atoms with Crippen molar-refractivity contribution in [2.24, 2.45) is 5.41 Å². The van der Waals surface area contributed by atoms with E-state index in [-0.39, 0.29) is 24.4 Å². The van der Waals surface area contributed by atoms with Crippen LogP contribution in [0.15, 0.2) is 24.3 Å². The maximum absolute atomic E-state index is 12.0. The van der Waals surface area contributed by atoms with E-state index in [1.165, 1.54) is 0 Å². The van der Waals surface area contributed by atoms with Gasteiger partial charge in [-0.15, -0.1) is 0 Å². The monoisotopic (exact) mass is 279 g/mol.